The van der Waals surface area contributed by atoms with Gasteiger partial charge in [0.2, 0.25) is 0 Å². The predicted octanol–water partition coefficient (Wildman–Crippen LogP) is 7.47. The molecule has 40 heavy (non-hydrogen) atoms. The number of alkyl halides is 21. The van der Waals surface area contributed by atoms with Gasteiger partial charge in [-0.15, -0.1) is 0 Å². The number of halogens is 21. The molecule has 234 valence electrons. The lowest BCUT2D eigenvalue weighted by Gasteiger charge is -2.44. The average molecular weight is 642 g/mol. The van der Waals surface area contributed by atoms with Crippen molar-refractivity contribution in [3.8, 4) is 5.75 Å². The third-order valence-electron chi connectivity index (χ3n) is 4.75. The maximum atomic E-state index is 13.8. The fourth-order valence-corrected chi connectivity index (χ4v) is 2.41. The molecular weight excluding hydrogens is 635 g/mol. The largest absolute Gasteiger partial charge is 0.471 e. The van der Waals surface area contributed by atoms with Gasteiger partial charge in [0.25, 0.3) is 0 Å². The maximum absolute atomic E-state index is 13.8. The van der Waals surface area contributed by atoms with E-state index >= 15 is 0 Å². The molecule has 1 aromatic carbocycles. The molecule has 24 heteroatoms. The van der Waals surface area contributed by atoms with Crippen LogP contribution in [0.4, 0.5) is 104 Å². The minimum absolute atomic E-state index is 0.0388. The number of hydrogen-bond acceptors (Lipinski definition) is 3. The quantitative estimate of drug-likeness (QED) is 0.206. The molecule has 0 heterocycles. The van der Waals surface area contributed by atoms with Gasteiger partial charge in [-0.25, -0.2) is 0 Å². The Morgan fingerprint density at radius 3 is 1.02 bits per heavy atom. The van der Waals surface area contributed by atoms with Crippen LogP contribution in [0.3, 0.4) is 0 Å². The highest BCUT2D eigenvalue weighted by Crippen LogP contribution is 2.66. The Bertz CT molecular complexity index is 1090. The monoisotopic (exact) mass is 642 g/mol. The molecule has 0 saturated heterocycles. The number of nitrogen functional groups attached to an aromatic ring is 2. The summed E-state index contributed by atoms with van der Waals surface area (Å²) in [5.74, 6) is -72.9. The van der Waals surface area contributed by atoms with Gasteiger partial charge in [-0.1, -0.05) is 0 Å². The summed E-state index contributed by atoms with van der Waals surface area (Å²) >= 11 is 0. The van der Waals surface area contributed by atoms with E-state index in [-0.39, 0.29) is 6.07 Å². The molecule has 0 atom stereocenters. The van der Waals surface area contributed by atoms with Crippen molar-refractivity contribution < 1.29 is 96.9 Å². The van der Waals surface area contributed by atoms with Gasteiger partial charge < -0.3 is 16.2 Å². The van der Waals surface area contributed by atoms with Crippen LogP contribution >= 0.6 is 0 Å². The van der Waals surface area contributed by atoms with Crippen LogP contribution in [0.25, 0.3) is 0 Å². The first kappa shape index (κ1) is 35.2. The molecule has 4 N–H and O–H groups in total. The molecule has 1 rings (SSSR count). The fraction of sp³-hybridized carbons (Fsp3) is 0.625. The Balaban J connectivity index is 3.75. The van der Waals surface area contributed by atoms with Gasteiger partial charge >= 0.3 is 59.7 Å². The maximum Gasteiger partial charge on any atom is 0.471 e. The van der Waals surface area contributed by atoms with E-state index in [1.54, 1.807) is 0 Å². The Kier molecular flexibility index (Phi) is 7.98. The zero-order valence-corrected chi connectivity index (χ0v) is 17.7. The number of benzene rings is 1. The van der Waals surface area contributed by atoms with Gasteiger partial charge in [0.1, 0.15) is 5.75 Å². The summed E-state index contributed by atoms with van der Waals surface area (Å²) in [4.78, 5) is 0. The lowest BCUT2D eigenvalue weighted by Crippen LogP contribution is -2.77. The van der Waals surface area contributed by atoms with Crippen LogP contribution in [0.15, 0.2) is 18.2 Å². The van der Waals surface area contributed by atoms with Crippen LogP contribution in [-0.4, -0.2) is 59.7 Å². The third kappa shape index (κ3) is 4.43. The molecule has 0 aliphatic carbocycles. The minimum Gasteiger partial charge on any atom is -0.426 e. The van der Waals surface area contributed by atoms with E-state index < -0.39 is 76.8 Å². The van der Waals surface area contributed by atoms with E-state index in [0.29, 0.717) is 12.1 Å². The van der Waals surface area contributed by atoms with Gasteiger partial charge in [0.15, 0.2) is 0 Å². The topological polar surface area (TPSA) is 61.3 Å². The Morgan fingerprint density at radius 1 is 0.425 bits per heavy atom. The number of ether oxygens (including phenoxy) is 1. The number of hydrogen-bond donors (Lipinski definition) is 2. The van der Waals surface area contributed by atoms with Crippen molar-refractivity contribution in [2.45, 2.75) is 59.7 Å². The normalized spacial score (nSPS) is 15.8. The van der Waals surface area contributed by atoms with E-state index in [0.717, 1.165) is 0 Å². The molecule has 0 fully saturated rings. The van der Waals surface area contributed by atoms with Gasteiger partial charge in [-0.3, -0.25) is 0 Å². The molecule has 1 aromatic rings. The summed E-state index contributed by atoms with van der Waals surface area (Å²) in [5.41, 5.74) is 8.18. The molecule has 0 aromatic heterocycles. The summed E-state index contributed by atoms with van der Waals surface area (Å²) < 4.78 is 282. The summed E-state index contributed by atoms with van der Waals surface area (Å²) in [5, 5.41) is 0. The van der Waals surface area contributed by atoms with Crippen molar-refractivity contribution in [1.82, 2.24) is 0 Å². The Morgan fingerprint density at radius 2 is 0.725 bits per heavy atom. The summed E-state index contributed by atoms with van der Waals surface area (Å²) in [6.45, 7) is 0. The van der Waals surface area contributed by atoms with E-state index in [1.807, 2.05) is 0 Å². The van der Waals surface area contributed by atoms with E-state index in [4.69, 9.17) is 11.5 Å². The van der Waals surface area contributed by atoms with Crippen molar-refractivity contribution in [1.29, 1.82) is 0 Å². The predicted molar refractivity (Wildman–Crippen MR) is 86.5 cm³/mol. The van der Waals surface area contributed by atoms with Crippen LogP contribution in [-0.2, 0) is 0 Å². The first-order valence-electron chi connectivity index (χ1n) is 8.94. The standard InChI is InChI=1S/C16H7F21N2O/c17-7(18,9(21,22)11(25,26)13(29,30)15(33,34)35)8(19,20)10(23,24)12(27,28)14(31,32)16(36,37)40-6-2-1-4(38)3-5(6)39/h1-3H,38-39H2. The first-order valence-corrected chi connectivity index (χ1v) is 8.94. The van der Waals surface area contributed by atoms with Gasteiger partial charge in [0, 0.05) is 5.69 Å². The average Bonchev–Trinajstić information content (AvgIpc) is 2.73. The lowest BCUT2D eigenvalue weighted by molar-refractivity contribution is -0.480. The van der Waals surface area contributed by atoms with Crippen LogP contribution in [0.2, 0.25) is 0 Å². The van der Waals surface area contributed by atoms with Crippen LogP contribution in [0, 0.1) is 0 Å². The molecule has 0 aliphatic heterocycles. The second kappa shape index (κ2) is 9.08. The molecular formula is C16H7F21N2O. The van der Waals surface area contributed by atoms with Crippen molar-refractivity contribution in [2.24, 2.45) is 0 Å². The smallest absolute Gasteiger partial charge is 0.426 e. The highest BCUT2D eigenvalue weighted by atomic mass is 19.4. The molecule has 3 nitrogen and oxygen atoms in total. The van der Waals surface area contributed by atoms with Gasteiger partial charge in [0.05, 0.1) is 5.69 Å². The van der Waals surface area contributed by atoms with Crippen molar-refractivity contribution in [2.75, 3.05) is 11.5 Å². The van der Waals surface area contributed by atoms with Crippen molar-refractivity contribution in [3.63, 3.8) is 0 Å². The van der Waals surface area contributed by atoms with Gasteiger partial charge in [-0.2, -0.15) is 92.2 Å². The molecule has 0 bridgehead atoms. The molecule has 0 unspecified atom stereocenters. The van der Waals surface area contributed by atoms with E-state index in [2.05, 4.69) is 4.74 Å². The number of nitrogens with two attached hydrogens (primary N) is 2. The molecule has 0 amide bonds. The number of rotatable bonds is 10. The zero-order valence-electron chi connectivity index (χ0n) is 17.7. The van der Waals surface area contributed by atoms with Crippen LogP contribution < -0.4 is 16.2 Å². The lowest BCUT2D eigenvalue weighted by atomic mass is 9.87. The third-order valence-corrected chi connectivity index (χ3v) is 4.75. The number of anilines is 2. The highest BCUT2D eigenvalue weighted by molar-refractivity contribution is 5.60. The second-order valence-electron chi connectivity index (χ2n) is 7.51. The molecule has 0 saturated carbocycles. The van der Waals surface area contributed by atoms with E-state index in [1.165, 1.54) is 0 Å². The fourth-order valence-electron chi connectivity index (χ4n) is 2.41. The molecule has 0 aliphatic rings. The van der Waals surface area contributed by atoms with Crippen LogP contribution in [0.5, 0.6) is 5.75 Å². The Hall–Kier alpha value is -2.85. The second-order valence-corrected chi connectivity index (χ2v) is 7.51. The van der Waals surface area contributed by atoms with Crippen LogP contribution in [0.1, 0.15) is 0 Å². The molecule has 0 spiro atoms. The van der Waals surface area contributed by atoms with Crippen molar-refractivity contribution >= 4 is 11.4 Å². The zero-order chi connectivity index (χ0) is 32.6. The minimum atomic E-state index is -9.24. The summed E-state index contributed by atoms with van der Waals surface area (Å²) in [6, 6.07) is 0.821. The summed E-state index contributed by atoms with van der Waals surface area (Å²) in [6.07, 6.45) is -15.3. The SMILES string of the molecule is Nc1ccc(OC(F)(F)C(F)(F)C(F)(F)C(F)(F)C(F)(F)C(F)(F)C(F)(F)C(F)(F)C(F)(F)C(F)(F)F)c(N)c1. The molecule has 0 radical (unpaired) electrons. The summed E-state index contributed by atoms with van der Waals surface area (Å²) in [7, 11) is 0. The van der Waals surface area contributed by atoms with Crippen molar-refractivity contribution in [3.05, 3.63) is 18.2 Å². The highest BCUT2D eigenvalue weighted by Gasteiger charge is 2.98. The Labute approximate surface area is 204 Å². The first-order chi connectivity index (χ1) is 17.1. The van der Waals surface area contributed by atoms with Gasteiger partial charge in [-0.05, 0) is 18.2 Å². The van der Waals surface area contributed by atoms with E-state index in [9.17, 15) is 92.2 Å².